The Morgan fingerprint density at radius 1 is 1.29 bits per heavy atom. The molecule has 0 spiro atoms. The Labute approximate surface area is 126 Å². The molecule has 0 fully saturated rings. The van der Waals surface area contributed by atoms with Crippen LogP contribution in [0.1, 0.15) is 28.9 Å². The Morgan fingerprint density at radius 2 is 2.00 bits per heavy atom. The van der Waals surface area contributed by atoms with Crippen LogP contribution in [0.15, 0.2) is 47.3 Å². The lowest BCUT2D eigenvalue weighted by Crippen LogP contribution is -2.34. The molecule has 2 aromatic rings. The van der Waals surface area contributed by atoms with Gasteiger partial charge in [-0.1, -0.05) is 23.7 Å². The first-order valence-corrected chi connectivity index (χ1v) is 6.74. The highest BCUT2D eigenvalue weighted by Gasteiger charge is 2.24. The van der Waals surface area contributed by atoms with Crippen molar-refractivity contribution in [1.29, 1.82) is 0 Å². The molecule has 1 aromatic carbocycles. The fraction of sp³-hybridized carbons (Fsp3) is 0.200. The molecule has 0 saturated heterocycles. The molecule has 0 radical (unpaired) electrons. The maximum absolute atomic E-state index is 12.1. The van der Waals surface area contributed by atoms with Crippen molar-refractivity contribution in [2.45, 2.75) is 13.0 Å². The molecule has 1 atom stereocenters. The summed E-state index contributed by atoms with van der Waals surface area (Å²) in [6.45, 7) is 1.93. The Bertz CT molecular complexity index is 607. The average molecular weight is 308 g/mol. The summed E-state index contributed by atoms with van der Waals surface area (Å²) in [4.78, 5) is 24.1. The third-order valence-corrected chi connectivity index (χ3v) is 3.04. The van der Waals surface area contributed by atoms with Crippen LogP contribution in [0.2, 0.25) is 5.02 Å². The largest absolute Gasteiger partial charge is 0.472 e. The van der Waals surface area contributed by atoms with E-state index in [1.54, 1.807) is 31.2 Å². The molecule has 1 amide bonds. The van der Waals surface area contributed by atoms with Crippen molar-refractivity contribution in [3.05, 3.63) is 59.0 Å². The van der Waals surface area contributed by atoms with Crippen molar-refractivity contribution >= 4 is 23.5 Å². The number of amides is 1. The van der Waals surface area contributed by atoms with E-state index in [4.69, 9.17) is 20.8 Å². The fourth-order valence-corrected chi connectivity index (χ4v) is 1.89. The van der Waals surface area contributed by atoms with Crippen molar-refractivity contribution in [2.24, 2.45) is 0 Å². The van der Waals surface area contributed by atoms with Crippen molar-refractivity contribution in [1.82, 2.24) is 5.32 Å². The quantitative estimate of drug-likeness (QED) is 0.862. The summed E-state index contributed by atoms with van der Waals surface area (Å²) in [7, 11) is 0. The monoisotopic (exact) mass is 307 g/mol. The Morgan fingerprint density at radius 3 is 2.57 bits per heavy atom. The van der Waals surface area contributed by atoms with E-state index >= 15 is 0 Å². The van der Waals surface area contributed by atoms with E-state index in [0.29, 0.717) is 16.1 Å². The van der Waals surface area contributed by atoms with E-state index in [1.807, 2.05) is 0 Å². The van der Waals surface area contributed by atoms with E-state index in [1.165, 1.54) is 18.6 Å². The maximum atomic E-state index is 12.1. The van der Waals surface area contributed by atoms with Crippen LogP contribution >= 0.6 is 11.6 Å². The van der Waals surface area contributed by atoms with Gasteiger partial charge in [-0.15, -0.1) is 0 Å². The topological polar surface area (TPSA) is 68.5 Å². The number of carbonyl (C=O) groups excluding carboxylic acids is 2. The SMILES string of the molecule is CCOC(=O)[C@@H](NC(=O)c1ccoc1)c1ccc(Cl)cc1. The number of esters is 1. The molecule has 1 heterocycles. The second-order valence-corrected chi connectivity index (χ2v) is 4.66. The number of nitrogens with one attached hydrogen (secondary N) is 1. The van der Waals surface area contributed by atoms with Crippen LogP contribution in [0.25, 0.3) is 0 Å². The molecule has 1 aromatic heterocycles. The average Bonchev–Trinajstić information content (AvgIpc) is 3.00. The maximum Gasteiger partial charge on any atom is 0.333 e. The van der Waals surface area contributed by atoms with Gasteiger partial charge in [-0.3, -0.25) is 4.79 Å². The molecule has 110 valence electrons. The van der Waals surface area contributed by atoms with Gasteiger partial charge in [-0.25, -0.2) is 4.79 Å². The smallest absolute Gasteiger partial charge is 0.333 e. The molecule has 0 aliphatic heterocycles. The highest BCUT2D eigenvalue weighted by Crippen LogP contribution is 2.18. The number of hydrogen-bond acceptors (Lipinski definition) is 4. The van der Waals surface area contributed by atoms with Gasteiger partial charge in [0.25, 0.3) is 5.91 Å². The first kappa shape index (κ1) is 15.1. The first-order chi connectivity index (χ1) is 10.1. The molecule has 6 heteroatoms. The molecule has 5 nitrogen and oxygen atoms in total. The minimum Gasteiger partial charge on any atom is -0.472 e. The normalized spacial score (nSPS) is 11.7. The number of carbonyl (C=O) groups is 2. The molecule has 21 heavy (non-hydrogen) atoms. The number of benzene rings is 1. The molecule has 1 N–H and O–H groups in total. The Kier molecular flexibility index (Phi) is 5.00. The third kappa shape index (κ3) is 3.86. The molecule has 0 saturated carbocycles. The van der Waals surface area contributed by atoms with Crippen LogP contribution in [-0.4, -0.2) is 18.5 Å². The highest BCUT2D eigenvalue weighted by molar-refractivity contribution is 6.30. The van der Waals surface area contributed by atoms with Gasteiger partial charge in [0.2, 0.25) is 0 Å². The van der Waals surface area contributed by atoms with E-state index in [9.17, 15) is 9.59 Å². The molecule has 0 aliphatic rings. The van der Waals surface area contributed by atoms with Crippen molar-refractivity contribution in [3.63, 3.8) is 0 Å². The lowest BCUT2D eigenvalue weighted by atomic mass is 10.1. The molecule has 0 aliphatic carbocycles. The van der Waals surface area contributed by atoms with Gasteiger partial charge in [0, 0.05) is 5.02 Å². The summed E-state index contributed by atoms with van der Waals surface area (Å²) >= 11 is 5.83. The number of ether oxygens (including phenoxy) is 1. The van der Waals surface area contributed by atoms with Gasteiger partial charge >= 0.3 is 5.97 Å². The fourth-order valence-electron chi connectivity index (χ4n) is 1.77. The second kappa shape index (κ2) is 6.95. The molecular formula is C15H14ClNO4. The van der Waals surface area contributed by atoms with Crippen LogP contribution in [0, 0.1) is 0 Å². The van der Waals surface area contributed by atoms with Crippen molar-refractivity contribution in [2.75, 3.05) is 6.61 Å². The highest BCUT2D eigenvalue weighted by atomic mass is 35.5. The van der Waals surface area contributed by atoms with Crippen LogP contribution in [-0.2, 0) is 9.53 Å². The van der Waals surface area contributed by atoms with Gasteiger partial charge < -0.3 is 14.5 Å². The minimum absolute atomic E-state index is 0.227. The summed E-state index contributed by atoms with van der Waals surface area (Å²) in [5.41, 5.74) is 0.924. The van der Waals surface area contributed by atoms with Crippen LogP contribution in [0.3, 0.4) is 0 Å². The van der Waals surface area contributed by atoms with Crippen molar-refractivity contribution in [3.8, 4) is 0 Å². The lowest BCUT2D eigenvalue weighted by molar-refractivity contribution is -0.145. The predicted octanol–water partition coefficient (Wildman–Crippen LogP) is 2.97. The summed E-state index contributed by atoms with van der Waals surface area (Å²) in [6.07, 6.45) is 2.69. The van der Waals surface area contributed by atoms with E-state index in [2.05, 4.69) is 5.32 Å². The van der Waals surface area contributed by atoms with E-state index in [-0.39, 0.29) is 6.61 Å². The zero-order valence-corrected chi connectivity index (χ0v) is 12.1. The number of halogens is 1. The van der Waals surface area contributed by atoms with Gasteiger partial charge in [0.1, 0.15) is 6.26 Å². The van der Waals surface area contributed by atoms with E-state index < -0.39 is 17.9 Å². The summed E-state index contributed by atoms with van der Waals surface area (Å²) < 4.78 is 9.85. The number of hydrogen-bond donors (Lipinski definition) is 1. The number of rotatable bonds is 5. The minimum atomic E-state index is -0.899. The molecule has 0 bridgehead atoms. The van der Waals surface area contributed by atoms with Crippen LogP contribution in [0.4, 0.5) is 0 Å². The van der Waals surface area contributed by atoms with Crippen molar-refractivity contribution < 1.29 is 18.7 Å². The second-order valence-electron chi connectivity index (χ2n) is 4.22. The van der Waals surface area contributed by atoms with Crippen LogP contribution in [0.5, 0.6) is 0 Å². The van der Waals surface area contributed by atoms with Gasteiger partial charge in [-0.05, 0) is 30.7 Å². The summed E-state index contributed by atoms with van der Waals surface area (Å²) in [5.74, 6) is -0.951. The Hall–Kier alpha value is -2.27. The van der Waals surface area contributed by atoms with Gasteiger partial charge in [-0.2, -0.15) is 0 Å². The third-order valence-electron chi connectivity index (χ3n) is 2.78. The zero-order valence-electron chi connectivity index (χ0n) is 11.3. The van der Waals surface area contributed by atoms with Gasteiger partial charge in [0.05, 0.1) is 18.4 Å². The first-order valence-electron chi connectivity index (χ1n) is 6.37. The Balaban J connectivity index is 2.22. The van der Waals surface area contributed by atoms with Gasteiger partial charge in [0.15, 0.2) is 6.04 Å². The molecule has 0 unspecified atom stereocenters. The van der Waals surface area contributed by atoms with E-state index in [0.717, 1.165) is 0 Å². The molecular weight excluding hydrogens is 294 g/mol. The predicted molar refractivity (Wildman–Crippen MR) is 77.0 cm³/mol. The zero-order chi connectivity index (χ0) is 15.2. The summed E-state index contributed by atoms with van der Waals surface area (Å²) in [6, 6.07) is 7.24. The lowest BCUT2D eigenvalue weighted by Gasteiger charge is -2.17. The van der Waals surface area contributed by atoms with Crippen LogP contribution < -0.4 is 5.32 Å². The standard InChI is InChI=1S/C15H14ClNO4/c1-2-21-15(19)13(10-3-5-12(16)6-4-10)17-14(18)11-7-8-20-9-11/h3-9,13H,2H2,1H3,(H,17,18)/t13-/m0/s1. The number of furan rings is 1. The summed E-state index contributed by atoms with van der Waals surface area (Å²) in [5, 5.41) is 3.17. The molecule has 2 rings (SSSR count).